The zero-order valence-electron chi connectivity index (χ0n) is 19.3. The highest BCUT2D eigenvalue weighted by atomic mass is 16.7. The summed E-state index contributed by atoms with van der Waals surface area (Å²) in [7, 11) is 1.77. The second kappa shape index (κ2) is 8.22. The van der Waals surface area contributed by atoms with Crippen LogP contribution < -0.4 is 0 Å². The summed E-state index contributed by atoms with van der Waals surface area (Å²) in [5.41, 5.74) is 1.12. The standard InChI is InChI=1S/C26H46O2/c1-6-9-18(2)24-23(28-17-27-5)16-22-20-12-11-19-10-7-8-14-25(19,3)21(20)13-15-26(22,24)4/h18-24H,6-17H2,1-5H3/t18-,19+,20-,21+,22+,23?,24+,25+,26+/m1/s1. The van der Waals surface area contributed by atoms with Crippen LogP contribution in [0.15, 0.2) is 0 Å². The highest BCUT2D eigenvalue weighted by Gasteiger charge is 2.62. The Labute approximate surface area is 174 Å². The number of rotatable bonds is 6. The van der Waals surface area contributed by atoms with Gasteiger partial charge in [-0.2, -0.15) is 0 Å². The first-order valence-corrected chi connectivity index (χ1v) is 12.6. The molecule has 0 heterocycles. The van der Waals surface area contributed by atoms with Crippen molar-refractivity contribution < 1.29 is 9.47 Å². The monoisotopic (exact) mass is 390 g/mol. The average molecular weight is 391 g/mol. The van der Waals surface area contributed by atoms with Gasteiger partial charge in [-0.25, -0.2) is 0 Å². The van der Waals surface area contributed by atoms with Gasteiger partial charge in [0.15, 0.2) is 0 Å². The molecule has 0 radical (unpaired) electrons. The van der Waals surface area contributed by atoms with Crippen LogP contribution in [0, 0.1) is 46.3 Å². The van der Waals surface area contributed by atoms with E-state index in [0.717, 1.165) is 29.6 Å². The van der Waals surface area contributed by atoms with Gasteiger partial charge >= 0.3 is 0 Å². The molecule has 0 aliphatic heterocycles. The minimum atomic E-state index is 0.409. The van der Waals surface area contributed by atoms with Gasteiger partial charge in [-0.1, -0.05) is 53.4 Å². The minimum absolute atomic E-state index is 0.409. The second-order valence-electron chi connectivity index (χ2n) is 11.6. The van der Waals surface area contributed by atoms with Crippen LogP contribution in [0.5, 0.6) is 0 Å². The third-order valence-corrected chi connectivity index (χ3v) is 10.4. The van der Waals surface area contributed by atoms with Gasteiger partial charge in [-0.15, -0.1) is 0 Å². The molecule has 4 fully saturated rings. The van der Waals surface area contributed by atoms with Crippen LogP contribution >= 0.6 is 0 Å². The summed E-state index contributed by atoms with van der Waals surface area (Å²) in [6.45, 7) is 10.7. The second-order valence-corrected chi connectivity index (χ2v) is 11.6. The minimum Gasteiger partial charge on any atom is -0.359 e. The van der Waals surface area contributed by atoms with Gasteiger partial charge in [0.05, 0.1) is 6.10 Å². The number of fused-ring (bicyclic) bond motifs is 5. The smallest absolute Gasteiger partial charge is 0.146 e. The van der Waals surface area contributed by atoms with Gasteiger partial charge in [0.25, 0.3) is 0 Å². The molecule has 28 heavy (non-hydrogen) atoms. The van der Waals surface area contributed by atoms with Crippen molar-refractivity contribution in [1.29, 1.82) is 0 Å². The van der Waals surface area contributed by atoms with E-state index in [4.69, 9.17) is 9.47 Å². The van der Waals surface area contributed by atoms with Crippen molar-refractivity contribution in [3.8, 4) is 0 Å². The zero-order valence-corrected chi connectivity index (χ0v) is 19.3. The summed E-state index contributed by atoms with van der Waals surface area (Å²) >= 11 is 0. The van der Waals surface area contributed by atoms with E-state index in [2.05, 4.69) is 27.7 Å². The number of hydrogen-bond acceptors (Lipinski definition) is 2. The fourth-order valence-corrected chi connectivity index (χ4v) is 9.30. The summed E-state index contributed by atoms with van der Waals surface area (Å²) in [6.07, 6.45) is 16.2. The molecule has 0 bridgehead atoms. The molecule has 0 aromatic rings. The maximum absolute atomic E-state index is 6.38. The Kier molecular flexibility index (Phi) is 6.21. The molecular formula is C26H46O2. The Morgan fingerprint density at radius 1 is 0.964 bits per heavy atom. The summed E-state index contributed by atoms with van der Waals surface area (Å²) in [6, 6.07) is 0. The van der Waals surface area contributed by atoms with Crippen molar-refractivity contribution in [3.05, 3.63) is 0 Å². The fraction of sp³-hybridized carbons (Fsp3) is 1.00. The normalized spacial score (nSPS) is 49.2. The molecule has 0 aromatic heterocycles. The van der Waals surface area contributed by atoms with Gasteiger partial charge < -0.3 is 9.47 Å². The third kappa shape index (κ3) is 3.29. The first kappa shape index (κ1) is 21.2. The molecule has 0 N–H and O–H groups in total. The van der Waals surface area contributed by atoms with Crippen molar-refractivity contribution in [1.82, 2.24) is 0 Å². The van der Waals surface area contributed by atoms with E-state index in [1.165, 1.54) is 70.6 Å². The molecule has 4 aliphatic rings. The van der Waals surface area contributed by atoms with Gasteiger partial charge in [0.1, 0.15) is 6.79 Å². The van der Waals surface area contributed by atoms with E-state index in [0.29, 0.717) is 29.6 Å². The van der Waals surface area contributed by atoms with E-state index in [1.807, 2.05) is 0 Å². The highest BCUT2D eigenvalue weighted by Crippen LogP contribution is 2.68. The topological polar surface area (TPSA) is 18.5 Å². The van der Waals surface area contributed by atoms with E-state index < -0.39 is 0 Å². The van der Waals surface area contributed by atoms with E-state index in [1.54, 1.807) is 7.11 Å². The van der Waals surface area contributed by atoms with Gasteiger partial charge in [0.2, 0.25) is 0 Å². The van der Waals surface area contributed by atoms with Crippen molar-refractivity contribution >= 4 is 0 Å². The summed E-state index contributed by atoms with van der Waals surface area (Å²) in [4.78, 5) is 0. The Balaban J connectivity index is 1.60. The van der Waals surface area contributed by atoms with Gasteiger partial charge in [-0.3, -0.25) is 0 Å². The highest BCUT2D eigenvalue weighted by molar-refractivity contribution is 5.11. The molecule has 0 aromatic carbocycles. The molecule has 2 heteroatoms. The van der Waals surface area contributed by atoms with Gasteiger partial charge in [-0.05, 0) is 91.3 Å². The molecule has 4 rings (SSSR count). The number of methoxy groups -OCH3 is 1. The van der Waals surface area contributed by atoms with Crippen molar-refractivity contribution in [2.45, 2.75) is 104 Å². The molecule has 4 aliphatic carbocycles. The van der Waals surface area contributed by atoms with Crippen LogP contribution in [-0.4, -0.2) is 20.0 Å². The average Bonchev–Trinajstić information content (AvgIpc) is 2.98. The van der Waals surface area contributed by atoms with E-state index in [9.17, 15) is 0 Å². The lowest BCUT2D eigenvalue weighted by Crippen LogP contribution is -2.53. The molecular weight excluding hydrogens is 344 g/mol. The number of hydrogen-bond donors (Lipinski definition) is 0. The lowest BCUT2D eigenvalue weighted by molar-refractivity contribution is -0.122. The van der Waals surface area contributed by atoms with Crippen LogP contribution in [0.3, 0.4) is 0 Å². The fourth-order valence-electron chi connectivity index (χ4n) is 9.30. The molecule has 0 amide bonds. The largest absolute Gasteiger partial charge is 0.359 e. The van der Waals surface area contributed by atoms with Crippen LogP contribution in [0.25, 0.3) is 0 Å². The Bertz CT molecular complexity index is 533. The molecule has 162 valence electrons. The summed E-state index contributed by atoms with van der Waals surface area (Å²) < 4.78 is 11.7. The lowest BCUT2D eigenvalue weighted by atomic mass is 9.44. The lowest BCUT2D eigenvalue weighted by Gasteiger charge is -2.60. The van der Waals surface area contributed by atoms with Crippen molar-refractivity contribution in [3.63, 3.8) is 0 Å². The first-order valence-electron chi connectivity index (χ1n) is 12.6. The summed E-state index contributed by atoms with van der Waals surface area (Å²) in [5.74, 6) is 5.30. The van der Waals surface area contributed by atoms with Crippen molar-refractivity contribution in [2.24, 2.45) is 46.3 Å². The first-order chi connectivity index (χ1) is 13.5. The maximum atomic E-state index is 6.38. The maximum Gasteiger partial charge on any atom is 0.146 e. The Morgan fingerprint density at radius 3 is 2.54 bits per heavy atom. The molecule has 0 spiro atoms. The zero-order chi connectivity index (χ0) is 19.9. The third-order valence-electron chi connectivity index (χ3n) is 10.4. The quantitative estimate of drug-likeness (QED) is 0.451. The molecule has 4 saturated carbocycles. The molecule has 0 saturated heterocycles. The van der Waals surface area contributed by atoms with Crippen LogP contribution in [0.2, 0.25) is 0 Å². The molecule has 1 unspecified atom stereocenters. The number of ether oxygens (including phenoxy) is 2. The van der Waals surface area contributed by atoms with E-state index in [-0.39, 0.29) is 0 Å². The van der Waals surface area contributed by atoms with E-state index >= 15 is 0 Å². The van der Waals surface area contributed by atoms with Crippen LogP contribution in [0.1, 0.15) is 98.3 Å². The Hall–Kier alpha value is -0.0800. The Morgan fingerprint density at radius 2 is 1.79 bits per heavy atom. The summed E-state index contributed by atoms with van der Waals surface area (Å²) in [5, 5.41) is 0. The van der Waals surface area contributed by atoms with Crippen LogP contribution in [-0.2, 0) is 9.47 Å². The van der Waals surface area contributed by atoms with Crippen LogP contribution in [0.4, 0.5) is 0 Å². The predicted molar refractivity (Wildman–Crippen MR) is 116 cm³/mol. The van der Waals surface area contributed by atoms with Gasteiger partial charge in [0, 0.05) is 7.11 Å². The van der Waals surface area contributed by atoms with Crippen molar-refractivity contribution in [2.75, 3.05) is 13.9 Å². The molecule has 9 atom stereocenters. The SMILES string of the molecule is CCC[C@@H](C)[C@H]1C(OCOC)C[C@H]2[C@@H]3CC[C@@H]4CCCC[C@]4(C)[C@H]3CC[C@]12C. The predicted octanol–water partition coefficient (Wildman–Crippen LogP) is 7.07. The molecule has 2 nitrogen and oxygen atoms in total.